The molecule has 1 aliphatic heterocycles. The van der Waals surface area contributed by atoms with Crippen molar-refractivity contribution in [3.63, 3.8) is 0 Å². The highest BCUT2D eigenvalue weighted by molar-refractivity contribution is 5.79. The first-order chi connectivity index (χ1) is 15.8. The largest absolute Gasteiger partial charge is 0.476 e. The zero-order valence-corrected chi connectivity index (χ0v) is 19.3. The molecular formula is C26H36N4O2. The molecule has 6 nitrogen and oxygen atoms in total. The molecule has 32 heavy (non-hydrogen) atoms. The molecular weight excluding hydrogens is 400 g/mol. The molecule has 1 saturated carbocycles. The van der Waals surface area contributed by atoms with Crippen LogP contribution in [0.1, 0.15) is 48.9 Å². The first-order valence-electron chi connectivity index (χ1n) is 12.0. The Kier molecular flexibility index (Phi) is 8.51. The maximum absolute atomic E-state index is 6.07. The number of ether oxygens (including phenoxy) is 2. The van der Waals surface area contributed by atoms with Crippen LogP contribution in [0.2, 0.25) is 0 Å². The van der Waals surface area contributed by atoms with E-state index in [2.05, 4.69) is 58.5 Å². The van der Waals surface area contributed by atoms with Crippen molar-refractivity contribution in [3.05, 3.63) is 53.2 Å². The van der Waals surface area contributed by atoms with Gasteiger partial charge in [-0.3, -0.25) is 4.99 Å². The molecule has 0 amide bonds. The van der Waals surface area contributed by atoms with Gasteiger partial charge in [0.15, 0.2) is 0 Å². The van der Waals surface area contributed by atoms with Gasteiger partial charge < -0.3 is 19.7 Å². The number of aliphatic imine (C=N–C) groups is 1. The Labute approximate surface area is 192 Å². The average Bonchev–Trinajstić information content (AvgIpc) is 2.83. The third kappa shape index (κ3) is 7.04. The number of nitrogens with zero attached hydrogens (tertiary/aromatic N) is 3. The number of rotatable bonds is 9. The number of morpholine rings is 1. The summed E-state index contributed by atoms with van der Waals surface area (Å²) < 4.78 is 11.6. The summed E-state index contributed by atoms with van der Waals surface area (Å²) in [6, 6.07) is 13.2. The van der Waals surface area contributed by atoms with Gasteiger partial charge in [0.05, 0.1) is 25.5 Å². The lowest BCUT2D eigenvalue weighted by molar-refractivity contribution is 0.122. The number of aromatic nitrogens is 1. The number of aryl methyl sites for hydroxylation is 1. The molecule has 0 bridgehead atoms. The monoisotopic (exact) mass is 436 g/mol. The van der Waals surface area contributed by atoms with Crippen LogP contribution in [0.4, 0.5) is 5.69 Å². The minimum absolute atomic E-state index is 0.531. The molecule has 0 unspecified atom stereocenters. The van der Waals surface area contributed by atoms with E-state index in [1.807, 2.05) is 6.21 Å². The van der Waals surface area contributed by atoms with E-state index in [1.165, 1.54) is 37.7 Å². The van der Waals surface area contributed by atoms with Crippen LogP contribution >= 0.6 is 0 Å². The first kappa shape index (κ1) is 22.7. The number of anilines is 1. The number of nitrogens with one attached hydrogen (secondary N) is 1. The van der Waals surface area contributed by atoms with E-state index in [1.54, 1.807) is 0 Å². The average molecular weight is 437 g/mol. The van der Waals surface area contributed by atoms with Gasteiger partial charge in [0.1, 0.15) is 6.61 Å². The second-order valence-corrected chi connectivity index (χ2v) is 8.78. The summed E-state index contributed by atoms with van der Waals surface area (Å²) in [5, 5.41) is 3.64. The van der Waals surface area contributed by atoms with E-state index in [0.717, 1.165) is 49.8 Å². The molecule has 1 aromatic heterocycles. The Hall–Kier alpha value is -2.44. The van der Waals surface area contributed by atoms with Crippen molar-refractivity contribution in [2.24, 2.45) is 4.99 Å². The highest BCUT2D eigenvalue weighted by Crippen LogP contribution is 2.23. The fourth-order valence-corrected chi connectivity index (χ4v) is 4.42. The van der Waals surface area contributed by atoms with Crippen LogP contribution in [0, 0.1) is 6.92 Å². The molecule has 4 rings (SSSR count). The Bertz CT molecular complexity index is 874. The van der Waals surface area contributed by atoms with Gasteiger partial charge in [-0.15, -0.1) is 0 Å². The molecule has 1 saturated heterocycles. The fraction of sp³-hybridized carbons (Fsp3) is 0.538. The van der Waals surface area contributed by atoms with Crippen molar-refractivity contribution in [2.45, 2.75) is 51.6 Å². The van der Waals surface area contributed by atoms with Crippen molar-refractivity contribution < 1.29 is 9.47 Å². The summed E-state index contributed by atoms with van der Waals surface area (Å²) in [6.45, 7) is 7.39. The molecule has 172 valence electrons. The summed E-state index contributed by atoms with van der Waals surface area (Å²) in [4.78, 5) is 11.7. The molecule has 2 fully saturated rings. The van der Waals surface area contributed by atoms with Crippen LogP contribution in [0.25, 0.3) is 0 Å². The van der Waals surface area contributed by atoms with Crippen molar-refractivity contribution in [3.8, 4) is 5.88 Å². The van der Waals surface area contributed by atoms with Crippen molar-refractivity contribution in [1.82, 2.24) is 10.3 Å². The molecule has 0 atom stereocenters. The number of hydrogen-bond acceptors (Lipinski definition) is 6. The van der Waals surface area contributed by atoms with Gasteiger partial charge >= 0.3 is 0 Å². The Balaban J connectivity index is 1.39. The van der Waals surface area contributed by atoms with Crippen LogP contribution in [0.3, 0.4) is 0 Å². The van der Waals surface area contributed by atoms with Crippen molar-refractivity contribution in [2.75, 3.05) is 44.4 Å². The maximum atomic E-state index is 6.07. The molecule has 2 aliphatic rings. The summed E-state index contributed by atoms with van der Waals surface area (Å²) in [7, 11) is 0. The summed E-state index contributed by atoms with van der Waals surface area (Å²) in [6.07, 6.45) is 8.55. The minimum Gasteiger partial charge on any atom is -0.476 e. The SMILES string of the molecule is Cc1cccc(C=NCc2cc(N3CCOCC3)cc(OCCNC3CCCCC3)n2)c1. The predicted molar refractivity (Wildman–Crippen MR) is 130 cm³/mol. The van der Waals surface area contributed by atoms with E-state index in [-0.39, 0.29) is 0 Å². The van der Waals surface area contributed by atoms with Crippen LogP contribution in [0.5, 0.6) is 5.88 Å². The lowest BCUT2D eigenvalue weighted by atomic mass is 9.96. The maximum Gasteiger partial charge on any atom is 0.215 e. The van der Waals surface area contributed by atoms with Crippen LogP contribution in [-0.2, 0) is 11.3 Å². The third-order valence-corrected chi connectivity index (χ3v) is 6.14. The van der Waals surface area contributed by atoms with Gasteiger partial charge in [-0.2, -0.15) is 0 Å². The van der Waals surface area contributed by atoms with Gasteiger partial charge in [-0.1, -0.05) is 49.1 Å². The minimum atomic E-state index is 0.531. The predicted octanol–water partition coefficient (Wildman–Crippen LogP) is 4.15. The summed E-state index contributed by atoms with van der Waals surface area (Å²) in [5.41, 5.74) is 4.41. The van der Waals surface area contributed by atoms with Crippen molar-refractivity contribution >= 4 is 11.9 Å². The zero-order chi connectivity index (χ0) is 22.0. The van der Waals surface area contributed by atoms with Crippen LogP contribution < -0.4 is 15.0 Å². The van der Waals surface area contributed by atoms with E-state index in [0.29, 0.717) is 25.1 Å². The van der Waals surface area contributed by atoms with E-state index in [9.17, 15) is 0 Å². The molecule has 6 heteroatoms. The lowest BCUT2D eigenvalue weighted by Crippen LogP contribution is -2.36. The Morgan fingerprint density at radius 2 is 2.00 bits per heavy atom. The number of pyridine rings is 1. The molecule has 0 spiro atoms. The van der Waals surface area contributed by atoms with Gasteiger partial charge in [0.25, 0.3) is 0 Å². The second kappa shape index (κ2) is 12.0. The second-order valence-electron chi connectivity index (χ2n) is 8.78. The lowest BCUT2D eigenvalue weighted by Gasteiger charge is -2.29. The normalized spacial score (nSPS) is 17.7. The van der Waals surface area contributed by atoms with Crippen LogP contribution in [0.15, 0.2) is 41.4 Å². The van der Waals surface area contributed by atoms with Gasteiger partial charge in [0, 0.05) is 43.6 Å². The molecule has 2 heterocycles. The molecule has 1 aromatic carbocycles. The summed E-state index contributed by atoms with van der Waals surface area (Å²) in [5.74, 6) is 0.681. The quantitative estimate of drug-likeness (QED) is 0.473. The van der Waals surface area contributed by atoms with Gasteiger partial charge in [-0.05, 0) is 31.4 Å². The third-order valence-electron chi connectivity index (χ3n) is 6.14. The van der Waals surface area contributed by atoms with E-state index in [4.69, 9.17) is 14.5 Å². The highest BCUT2D eigenvalue weighted by atomic mass is 16.5. The highest BCUT2D eigenvalue weighted by Gasteiger charge is 2.15. The molecule has 1 aliphatic carbocycles. The standard InChI is InChI=1S/C26H36N4O2/c1-21-6-5-7-22(16-21)19-27-20-24-17-25(30-11-14-31-15-12-30)18-26(29-24)32-13-10-28-23-8-3-2-4-9-23/h5-7,16-19,23,28H,2-4,8-15,20H2,1H3. The topological polar surface area (TPSA) is 59.0 Å². The van der Waals surface area contributed by atoms with Crippen molar-refractivity contribution in [1.29, 1.82) is 0 Å². The van der Waals surface area contributed by atoms with E-state index >= 15 is 0 Å². The Morgan fingerprint density at radius 3 is 2.81 bits per heavy atom. The van der Waals surface area contributed by atoms with Gasteiger partial charge in [0.2, 0.25) is 5.88 Å². The molecule has 2 aromatic rings. The smallest absolute Gasteiger partial charge is 0.215 e. The van der Waals surface area contributed by atoms with Gasteiger partial charge in [-0.25, -0.2) is 4.98 Å². The number of hydrogen-bond donors (Lipinski definition) is 1. The first-order valence-corrected chi connectivity index (χ1v) is 12.0. The Morgan fingerprint density at radius 1 is 1.16 bits per heavy atom. The number of benzene rings is 1. The van der Waals surface area contributed by atoms with E-state index < -0.39 is 0 Å². The molecule has 0 radical (unpaired) electrons. The summed E-state index contributed by atoms with van der Waals surface area (Å²) >= 11 is 0. The molecule has 1 N–H and O–H groups in total. The fourth-order valence-electron chi connectivity index (χ4n) is 4.42. The van der Waals surface area contributed by atoms with Crippen LogP contribution in [-0.4, -0.2) is 56.7 Å². The zero-order valence-electron chi connectivity index (χ0n) is 19.3.